The number of amides is 2. The molecule has 112 valence electrons. The monoisotopic (exact) mass is 292 g/mol. The Bertz CT molecular complexity index is 535. The third-order valence-corrected chi connectivity index (χ3v) is 3.16. The molecule has 1 fully saturated rings. The van der Waals surface area contributed by atoms with Crippen molar-refractivity contribution in [2.24, 2.45) is 0 Å². The van der Waals surface area contributed by atoms with Gasteiger partial charge in [0.15, 0.2) is 0 Å². The number of carboxylic acid groups (broad SMARTS) is 1. The van der Waals surface area contributed by atoms with Crippen molar-refractivity contribution < 1.29 is 24.2 Å². The molecule has 1 aromatic rings. The number of rotatable bonds is 4. The van der Waals surface area contributed by atoms with Gasteiger partial charge in [0, 0.05) is 18.7 Å². The first kappa shape index (κ1) is 15.0. The molecule has 0 atom stereocenters. The van der Waals surface area contributed by atoms with Gasteiger partial charge in [0.05, 0.1) is 25.3 Å². The van der Waals surface area contributed by atoms with Gasteiger partial charge in [-0.2, -0.15) is 0 Å². The minimum atomic E-state index is -1.05. The van der Waals surface area contributed by atoms with E-state index in [-0.39, 0.29) is 18.0 Å². The summed E-state index contributed by atoms with van der Waals surface area (Å²) < 4.78 is 5.15. The molecule has 2 N–H and O–H groups in total. The summed E-state index contributed by atoms with van der Waals surface area (Å²) in [5.41, 5.74) is 0.422. The first-order valence-corrected chi connectivity index (χ1v) is 6.55. The lowest BCUT2D eigenvalue weighted by molar-refractivity contribution is -0.134. The van der Waals surface area contributed by atoms with Crippen LogP contribution in [0.5, 0.6) is 0 Å². The van der Waals surface area contributed by atoms with Crippen LogP contribution in [0, 0.1) is 0 Å². The SMILES string of the molecule is O=C(O)c1ccc(C(=O)NCC(=O)N2CCOCC2)cc1. The van der Waals surface area contributed by atoms with Gasteiger partial charge in [-0.15, -0.1) is 0 Å². The summed E-state index contributed by atoms with van der Waals surface area (Å²) in [4.78, 5) is 36.1. The molecule has 0 spiro atoms. The van der Waals surface area contributed by atoms with Crippen molar-refractivity contribution in [2.45, 2.75) is 0 Å². The second-order valence-corrected chi connectivity index (χ2v) is 4.56. The topological polar surface area (TPSA) is 95.9 Å². The molecule has 1 aliphatic rings. The van der Waals surface area contributed by atoms with E-state index in [9.17, 15) is 14.4 Å². The molecule has 2 amide bonds. The molecule has 1 heterocycles. The van der Waals surface area contributed by atoms with E-state index in [1.165, 1.54) is 24.3 Å². The highest BCUT2D eigenvalue weighted by atomic mass is 16.5. The van der Waals surface area contributed by atoms with Crippen LogP contribution in [0.4, 0.5) is 0 Å². The smallest absolute Gasteiger partial charge is 0.335 e. The average molecular weight is 292 g/mol. The summed E-state index contributed by atoms with van der Waals surface area (Å²) in [7, 11) is 0. The van der Waals surface area contributed by atoms with Crippen LogP contribution in [0.15, 0.2) is 24.3 Å². The maximum Gasteiger partial charge on any atom is 0.335 e. The number of carboxylic acids is 1. The fraction of sp³-hybridized carbons (Fsp3) is 0.357. The van der Waals surface area contributed by atoms with Gasteiger partial charge < -0.3 is 20.1 Å². The van der Waals surface area contributed by atoms with Crippen LogP contribution >= 0.6 is 0 Å². The molecule has 0 saturated carbocycles. The number of hydrogen-bond acceptors (Lipinski definition) is 4. The maximum absolute atomic E-state index is 11.9. The molecular weight excluding hydrogens is 276 g/mol. The van der Waals surface area contributed by atoms with Crippen molar-refractivity contribution >= 4 is 17.8 Å². The number of carbonyl (C=O) groups excluding carboxylic acids is 2. The summed E-state index contributed by atoms with van der Waals surface area (Å²) in [5, 5.41) is 11.3. The first-order chi connectivity index (χ1) is 10.1. The molecule has 1 saturated heterocycles. The number of carbonyl (C=O) groups is 3. The molecule has 0 aliphatic carbocycles. The third-order valence-electron chi connectivity index (χ3n) is 3.16. The molecule has 2 rings (SSSR count). The molecule has 7 nitrogen and oxygen atoms in total. The molecule has 0 aromatic heterocycles. The number of benzene rings is 1. The van der Waals surface area contributed by atoms with E-state index in [2.05, 4.69) is 5.32 Å². The Labute approximate surface area is 121 Å². The number of aromatic carboxylic acids is 1. The zero-order valence-electron chi connectivity index (χ0n) is 11.4. The van der Waals surface area contributed by atoms with Gasteiger partial charge in [0.25, 0.3) is 5.91 Å². The highest BCUT2D eigenvalue weighted by Gasteiger charge is 2.17. The number of nitrogens with zero attached hydrogens (tertiary/aromatic N) is 1. The lowest BCUT2D eigenvalue weighted by Gasteiger charge is -2.26. The Kier molecular flexibility index (Phi) is 4.89. The van der Waals surface area contributed by atoms with Gasteiger partial charge in [0.2, 0.25) is 5.91 Å². The normalized spacial score (nSPS) is 14.6. The second-order valence-electron chi connectivity index (χ2n) is 4.56. The van der Waals surface area contributed by atoms with Crippen LogP contribution in [0.3, 0.4) is 0 Å². The molecule has 0 radical (unpaired) electrons. The van der Waals surface area contributed by atoms with Crippen LogP contribution in [-0.4, -0.2) is 60.6 Å². The predicted octanol–water partition coefficient (Wildman–Crippen LogP) is -0.0266. The summed E-state index contributed by atoms with van der Waals surface area (Å²) in [6.07, 6.45) is 0. The van der Waals surface area contributed by atoms with E-state index in [4.69, 9.17) is 9.84 Å². The van der Waals surface area contributed by atoms with Gasteiger partial charge in [0.1, 0.15) is 0 Å². The van der Waals surface area contributed by atoms with Crippen molar-refractivity contribution in [1.29, 1.82) is 0 Å². The fourth-order valence-corrected chi connectivity index (χ4v) is 1.95. The van der Waals surface area contributed by atoms with Gasteiger partial charge in [-0.1, -0.05) is 0 Å². The van der Waals surface area contributed by atoms with Gasteiger partial charge in [-0.3, -0.25) is 9.59 Å². The van der Waals surface area contributed by atoms with Crippen molar-refractivity contribution in [1.82, 2.24) is 10.2 Å². The number of ether oxygens (including phenoxy) is 1. The van der Waals surface area contributed by atoms with E-state index in [0.29, 0.717) is 31.9 Å². The minimum Gasteiger partial charge on any atom is -0.478 e. The van der Waals surface area contributed by atoms with Gasteiger partial charge in [-0.05, 0) is 24.3 Å². The van der Waals surface area contributed by atoms with Crippen molar-refractivity contribution in [2.75, 3.05) is 32.8 Å². The van der Waals surface area contributed by atoms with E-state index >= 15 is 0 Å². The quantitative estimate of drug-likeness (QED) is 0.812. The van der Waals surface area contributed by atoms with Gasteiger partial charge in [-0.25, -0.2) is 4.79 Å². The number of hydrogen-bond donors (Lipinski definition) is 2. The standard InChI is InChI=1S/C14H16N2O5/c17-12(16-5-7-21-8-6-16)9-15-13(18)10-1-3-11(4-2-10)14(19)20/h1-4H,5-9H2,(H,15,18)(H,19,20). The van der Waals surface area contributed by atoms with Crippen LogP contribution < -0.4 is 5.32 Å². The predicted molar refractivity (Wildman–Crippen MR) is 73.1 cm³/mol. The highest BCUT2D eigenvalue weighted by Crippen LogP contribution is 2.04. The maximum atomic E-state index is 11.9. The summed E-state index contributed by atoms with van der Waals surface area (Å²) in [5.74, 6) is -1.62. The Balaban J connectivity index is 1.86. The summed E-state index contributed by atoms with van der Waals surface area (Å²) in [6.45, 7) is 2.00. The zero-order chi connectivity index (χ0) is 15.2. The molecule has 7 heteroatoms. The number of morpholine rings is 1. The molecule has 1 aliphatic heterocycles. The van der Waals surface area contributed by atoms with Crippen LogP contribution in [-0.2, 0) is 9.53 Å². The number of nitrogens with one attached hydrogen (secondary N) is 1. The Morgan fingerprint density at radius 2 is 1.67 bits per heavy atom. The minimum absolute atomic E-state index is 0.0838. The lowest BCUT2D eigenvalue weighted by atomic mass is 10.1. The molecule has 21 heavy (non-hydrogen) atoms. The van der Waals surface area contributed by atoms with Crippen LogP contribution in [0.1, 0.15) is 20.7 Å². The second kappa shape index (κ2) is 6.85. The fourth-order valence-electron chi connectivity index (χ4n) is 1.95. The zero-order valence-corrected chi connectivity index (χ0v) is 11.4. The summed E-state index contributed by atoms with van der Waals surface area (Å²) >= 11 is 0. The summed E-state index contributed by atoms with van der Waals surface area (Å²) in [6, 6.07) is 5.53. The Morgan fingerprint density at radius 1 is 1.10 bits per heavy atom. The van der Waals surface area contributed by atoms with E-state index in [1.807, 2.05) is 0 Å². The highest BCUT2D eigenvalue weighted by molar-refractivity contribution is 5.97. The molecule has 1 aromatic carbocycles. The molecule has 0 unspecified atom stereocenters. The first-order valence-electron chi connectivity index (χ1n) is 6.55. The van der Waals surface area contributed by atoms with Crippen LogP contribution in [0.25, 0.3) is 0 Å². The molecular formula is C14H16N2O5. The third kappa shape index (κ3) is 4.03. The van der Waals surface area contributed by atoms with Crippen LogP contribution in [0.2, 0.25) is 0 Å². The van der Waals surface area contributed by atoms with Crippen molar-refractivity contribution in [3.05, 3.63) is 35.4 Å². The van der Waals surface area contributed by atoms with Crippen molar-refractivity contribution in [3.63, 3.8) is 0 Å². The Morgan fingerprint density at radius 3 is 2.24 bits per heavy atom. The molecule has 0 bridgehead atoms. The largest absolute Gasteiger partial charge is 0.478 e. The average Bonchev–Trinajstić information content (AvgIpc) is 2.53. The van der Waals surface area contributed by atoms with Crippen molar-refractivity contribution in [3.8, 4) is 0 Å². The lowest BCUT2D eigenvalue weighted by Crippen LogP contribution is -2.45. The Hall–Kier alpha value is -2.41. The van der Waals surface area contributed by atoms with Gasteiger partial charge >= 0.3 is 5.97 Å². The van der Waals surface area contributed by atoms with E-state index < -0.39 is 11.9 Å². The van der Waals surface area contributed by atoms with E-state index in [0.717, 1.165) is 0 Å². The van der Waals surface area contributed by atoms with E-state index in [1.54, 1.807) is 4.90 Å².